The number of nitrogens with zero attached hydrogens (tertiary/aromatic N) is 1. The van der Waals surface area contributed by atoms with E-state index in [0.717, 1.165) is 18.5 Å². The van der Waals surface area contributed by atoms with Gasteiger partial charge in [-0.2, -0.15) is 0 Å². The Bertz CT molecular complexity index is 253. The Morgan fingerprint density at radius 3 is 2.83 bits per heavy atom. The zero-order chi connectivity index (χ0) is 8.97. The summed E-state index contributed by atoms with van der Waals surface area (Å²) in [5.41, 5.74) is 1.41. The van der Waals surface area contributed by atoms with Gasteiger partial charge in [-0.05, 0) is 24.0 Å². The number of aromatic nitrogens is 1. The summed E-state index contributed by atoms with van der Waals surface area (Å²) in [6.07, 6.45) is 3.48. The van der Waals surface area contributed by atoms with Crippen LogP contribution in [0.1, 0.15) is 19.0 Å². The average molecular weight is 165 g/mol. The van der Waals surface area contributed by atoms with Crippen LogP contribution in [0, 0.1) is 0 Å². The summed E-state index contributed by atoms with van der Waals surface area (Å²) in [6.45, 7) is 2.06. The van der Waals surface area contributed by atoms with Gasteiger partial charge in [0.15, 0.2) is 0 Å². The van der Waals surface area contributed by atoms with E-state index in [2.05, 4.69) is 11.9 Å². The fourth-order valence-electron chi connectivity index (χ4n) is 1.05. The van der Waals surface area contributed by atoms with Crippen LogP contribution in [0.25, 0.3) is 0 Å². The molecule has 0 amide bonds. The third-order valence-corrected chi connectivity index (χ3v) is 1.64. The number of hydrogen-bond donors (Lipinski definition) is 2. The van der Waals surface area contributed by atoms with Crippen molar-refractivity contribution in [1.82, 2.24) is 4.98 Å². The first-order chi connectivity index (χ1) is 5.74. The summed E-state index contributed by atoms with van der Waals surface area (Å²) in [5, 5.41) is 17.7. The minimum absolute atomic E-state index is 0.508. The molecule has 0 unspecified atom stereocenters. The lowest BCUT2D eigenvalue weighted by atomic mass is 9.80. The molecule has 0 spiro atoms. The van der Waals surface area contributed by atoms with E-state index < -0.39 is 7.12 Å². The standard InChI is InChI=1S/C8H12BNO2/c1-2-3-8-6-7(9(11)12)4-5-10-8/h4-6,11-12H,2-3H2,1H3. The van der Waals surface area contributed by atoms with E-state index in [9.17, 15) is 0 Å². The number of rotatable bonds is 3. The van der Waals surface area contributed by atoms with Gasteiger partial charge < -0.3 is 10.0 Å². The second-order valence-corrected chi connectivity index (χ2v) is 2.70. The molecule has 0 saturated heterocycles. The van der Waals surface area contributed by atoms with Gasteiger partial charge in [-0.3, -0.25) is 4.98 Å². The fraction of sp³-hybridized carbons (Fsp3) is 0.375. The van der Waals surface area contributed by atoms with Gasteiger partial charge in [-0.15, -0.1) is 0 Å². The van der Waals surface area contributed by atoms with Gasteiger partial charge in [-0.1, -0.05) is 13.3 Å². The molecule has 0 saturated carbocycles. The molecule has 1 aromatic heterocycles. The van der Waals surface area contributed by atoms with E-state index in [-0.39, 0.29) is 0 Å². The Hall–Kier alpha value is -0.865. The predicted molar refractivity (Wildman–Crippen MR) is 48.1 cm³/mol. The molecule has 0 aliphatic rings. The largest absolute Gasteiger partial charge is 0.488 e. The van der Waals surface area contributed by atoms with E-state index in [0.29, 0.717) is 5.46 Å². The lowest BCUT2D eigenvalue weighted by Crippen LogP contribution is -2.30. The van der Waals surface area contributed by atoms with E-state index in [1.54, 1.807) is 18.3 Å². The molecule has 1 rings (SSSR count). The highest BCUT2D eigenvalue weighted by molar-refractivity contribution is 6.58. The van der Waals surface area contributed by atoms with Crippen molar-refractivity contribution in [2.24, 2.45) is 0 Å². The van der Waals surface area contributed by atoms with Crippen LogP contribution in [0.3, 0.4) is 0 Å². The molecule has 64 valence electrons. The number of aryl methyl sites for hydroxylation is 1. The minimum atomic E-state index is -1.39. The summed E-state index contributed by atoms with van der Waals surface area (Å²) in [6, 6.07) is 3.32. The lowest BCUT2D eigenvalue weighted by molar-refractivity contribution is 0.425. The van der Waals surface area contributed by atoms with Crippen LogP contribution < -0.4 is 5.46 Å². The Labute approximate surface area is 72.2 Å². The monoisotopic (exact) mass is 165 g/mol. The Kier molecular flexibility index (Phi) is 3.25. The molecule has 0 aliphatic heterocycles. The minimum Gasteiger partial charge on any atom is -0.423 e. The van der Waals surface area contributed by atoms with Crippen molar-refractivity contribution >= 4 is 12.6 Å². The van der Waals surface area contributed by atoms with Crippen LogP contribution in [0.15, 0.2) is 18.3 Å². The van der Waals surface area contributed by atoms with Gasteiger partial charge in [0.2, 0.25) is 0 Å². The molecule has 12 heavy (non-hydrogen) atoms. The van der Waals surface area contributed by atoms with Gasteiger partial charge in [-0.25, -0.2) is 0 Å². The first-order valence-electron chi connectivity index (χ1n) is 4.05. The molecular weight excluding hydrogens is 153 g/mol. The molecular formula is C8H12BNO2. The maximum absolute atomic E-state index is 8.84. The van der Waals surface area contributed by atoms with Crippen molar-refractivity contribution in [2.75, 3.05) is 0 Å². The lowest BCUT2D eigenvalue weighted by Gasteiger charge is -2.01. The smallest absolute Gasteiger partial charge is 0.423 e. The fourth-order valence-corrected chi connectivity index (χ4v) is 1.05. The van der Waals surface area contributed by atoms with Crippen LogP contribution >= 0.6 is 0 Å². The van der Waals surface area contributed by atoms with Crippen molar-refractivity contribution < 1.29 is 10.0 Å². The third kappa shape index (κ3) is 2.32. The molecule has 0 bridgehead atoms. The molecule has 1 aromatic rings. The Morgan fingerprint density at radius 1 is 1.50 bits per heavy atom. The summed E-state index contributed by atoms with van der Waals surface area (Å²) in [7, 11) is -1.39. The van der Waals surface area contributed by atoms with E-state index >= 15 is 0 Å². The van der Waals surface area contributed by atoms with Crippen molar-refractivity contribution in [2.45, 2.75) is 19.8 Å². The van der Waals surface area contributed by atoms with Crippen LogP contribution in [-0.4, -0.2) is 22.2 Å². The predicted octanol–water partition coefficient (Wildman–Crippen LogP) is -0.286. The molecule has 3 nitrogen and oxygen atoms in total. The molecule has 0 radical (unpaired) electrons. The SMILES string of the molecule is CCCc1cc(B(O)O)ccn1. The molecule has 0 aromatic carbocycles. The quantitative estimate of drug-likeness (QED) is 0.605. The molecule has 0 atom stereocenters. The second kappa shape index (κ2) is 4.23. The van der Waals surface area contributed by atoms with E-state index in [1.165, 1.54) is 0 Å². The van der Waals surface area contributed by atoms with Gasteiger partial charge in [0, 0.05) is 11.9 Å². The Morgan fingerprint density at radius 2 is 2.25 bits per heavy atom. The summed E-state index contributed by atoms with van der Waals surface area (Å²) < 4.78 is 0. The van der Waals surface area contributed by atoms with Crippen molar-refractivity contribution in [1.29, 1.82) is 0 Å². The number of pyridine rings is 1. The maximum atomic E-state index is 8.84. The normalized spacial score (nSPS) is 9.92. The summed E-state index contributed by atoms with van der Waals surface area (Å²) in [4.78, 5) is 4.09. The first kappa shape index (κ1) is 9.22. The van der Waals surface area contributed by atoms with E-state index in [4.69, 9.17) is 10.0 Å². The number of hydrogen-bond acceptors (Lipinski definition) is 3. The zero-order valence-electron chi connectivity index (χ0n) is 7.07. The van der Waals surface area contributed by atoms with Crippen LogP contribution in [0.2, 0.25) is 0 Å². The first-order valence-corrected chi connectivity index (χ1v) is 4.05. The zero-order valence-corrected chi connectivity index (χ0v) is 7.07. The highest BCUT2D eigenvalue weighted by atomic mass is 16.4. The molecule has 2 N–H and O–H groups in total. The van der Waals surface area contributed by atoms with Gasteiger partial charge >= 0.3 is 7.12 Å². The van der Waals surface area contributed by atoms with E-state index in [1.807, 2.05) is 0 Å². The molecule has 4 heteroatoms. The van der Waals surface area contributed by atoms with Crippen molar-refractivity contribution in [3.05, 3.63) is 24.0 Å². The third-order valence-electron chi connectivity index (χ3n) is 1.64. The molecule has 0 aliphatic carbocycles. The summed E-state index contributed by atoms with van der Waals surface area (Å²) in [5.74, 6) is 0. The highest BCUT2D eigenvalue weighted by Gasteiger charge is 2.10. The van der Waals surface area contributed by atoms with Gasteiger partial charge in [0.1, 0.15) is 0 Å². The van der Waals surface area contributed by atoms with Crippen molar-refractivity contribution in [3.63, 3.8) is 0 Å². The average Bonchev–Trinajstić information content (AvgIpc) is 2.05. The second-order valence-electron chi connectivity index (χ2n) is 2.70. The van der Waals surface area contributed by atoms with Crippen LogP contribution in [0.4, 0.5) is 0 Å². The summed E-state index contributed by atoms with van der Waals surface area (Å²) >= 11 is 0. The highest BCUT2D eigenvalue weighted by Crippen LogP contribution is 1.96. The molecule has 1 heterocycles. The molecule has 0 fully saturated rings. The Balaban J connectivity index is 2.81. The van der Waals surface area contributed by atoms with Crippen molar-refractivity contribution in [3.8, 4) is 0 Å². The van der Waals surface area contributed by atoms with Gasteiger partial charge in [0.05, 0.1) is 0 Å². The van der Waals surface area contributed by atoms with Crippen LogP contribution in [0.5, 0.6) is 0 Å². The topological polar surface area (TPSA) is 53.4 Å². The van der Waals surface area contributed by atoms with Gasteiger partial charge in [0.25, 0.3) is 0 Å². The van der Waals surface area contributed by atoms with Crippen LogP contribution in [-0.2, 0) is 6.42 Å². The maximum Gasteiger partial charge on any atom is 0.488 e.